The predicted octanol–water partition coefficient (Wildman–Crippen LogP) is 1.15. The fourth-order valence-corrected chi connectivity index (χ4v) is 2.48. The van der Waals surface area contributed by atoms with Gasteiger partial charge in [-0.2, -0.15) is 0 Å². The van der Waals surface area contributed by atoms with E-state index < -0.39 is 0 Å². The SMILES string of the molecule is CCN(CC)CCNCCSc1nnc(C)n1C. The number of likely N-dealkylation sites (N-methyl/N-ethyl adjacent to an activating group) is 1. The Hall–Kier alpha value is -0.590. The van der Waals surface area contributed by atoms with Crippen LogP contribution in [0.3, 0.4) is 0 Å². The Morgan fingerprint density at radius 1 is 1.22 bits per heavy atom. The van der Waals surface area contributed by atoms with Crippen molar-refractivity contribution in [3.8, 4) is 0 Å². The second-order valence-corrected chi connectivity index (χ2v) is 5.28. The zero-order valence-electron chi connectivity index (χ0n) is 11.9. The first-order chi connectivity index (χ1) is 8.69. The molecule has 1 aromatic rings. The van der Waals surface area contributed by atoms with Gasteiger partial charge in [0.05, 0.1) is 0 Å². The molecule has 0 atom stereocenters. The number of aryl methyl sites for hydroxylation is 1. The Balaban J connectivity index is 2.07. The van der Waals surface area contributed by atoms with Crippen LogP contribution in [0, 0.1) is 6.92 Å². The smallest absolute Gasteiger partial charge is 0.190 e. The molecule has 6 heteroatoms. The number of rotatable bonds is 9. The lowest BCUT2D eigenvalue weighted by Gasteiger charge is -2.17. The maximum atomic E-state index is 4.13. The van der Waals surface area contributed by atoms with E-state index in [1.807, 2.05) is 18.5 Å². The largest absolute Gasteiger partial charge is 0.315 e. The van der Waals surface area contributed by atoms with Crippen LogP contribution >= 0.6 is 11.8 Å². The van der Waals surface area contributed by atoms with Crippen molar-refractivity contribution >= 4 is 11.8 Å². The summed E-state index contributed by atoms with van der Waals surface area (Å²) in [4.78, 5) is 2.42. The van der Waals surface area contributed by atoms with Crippen LogP contribution < -0.4 is 5.32 Å². The van der Waals surface area contributed by atoms with Gasteiger partial charge in [-0.1, -0.05) is 25.6 Å². The zero-order chi connectivity index (χ0) is 13.4. The van der Waals surface area contributed by atoms with E-state index in [1.165, 1.54) is 0 Å². The summed E-state index contributed by atoms with van der Waals surface area (Å²) in [5.41, 5.74) is 0. The Bertz CT molecular complexity index is 335. The maximum Gasteiger partial charge on any atom is 0.190 e. The number of hydrogen-bond acceptors (Lipinski definition) is 5. The van der Waals surface area contributed by atoms with Gasteiger partial charge in [0, 0.05) is 32.4 Å². The molecule has 5 nitrogen and oxygen atoms in total. The molecule has 0 bridgehead atoms. The minimum absolute atomic E-state index is 0.965. The van der Waals surface area contributed by atoms with Crippen molar-refractivity contribution in [1.29, 1.82) is 0 Å². The average molecular weight is 271 g/mol. The second kappa shape index (κ2) is 8.50. The molecule has 0 fully saturated rings. The van der Waals surface area contributed by atoms with E-state index in [-0.39, 0.29) is 0 Å². The van der Waals surface area contributed by atoms with E-state index in [0.717, 1.165) is 49.5 Å². The summed E-state index contributed by atoms with van der Waals surface area (Å²) in [5, 5.41) is 12.6. The van der Waals surface area contributed by atoms with E-state index in [0.29, 0.717) is 0 Å². The number of nitrogens with one attached hydrogen (secondary N) is 1. The van der Waals surface area contributed by atoms with E-state index in [4.69, 9.17) is 0 Å². The molecular weight excluding hydrogens is 246 g/mol. The minimum atomic E-state index is 0.965. The Kier molecular flexibility index (Phi) is 7.31. The number of nitrogens with zero attached hydrogens (tertiary/aromatic N) is 4. The highest BCUT2D eigenvalue weighted by Gasteiger charge is 2.04. The van der Waals surface area contributed by atoms with E-state index >= 15 is 0 Å². The molecule has 0 spiro atoms. The fraction of sp³-hybridized carbons (Fsp3) is 0.833. The Morgan fingerprint density at radius 3 is 2.50 bits per heavy atom. The highest BCUT2D eigenvalue weighted by Crippen LogP contribution is 2.13. The first-order valence-electron chi connectivity index (χ1n) is 6.60. The summed E-state index contributed by atoms with van der Waals surface area (Å²) in [5.74, 6) is 2.00. The summed E-state index contributed by atoms with van der Waals surface area (Å²) in [6, 6.07) is 0. The average Bonchev–Trinajstić information content (AvgIpc) is 2.70. The molecule has 0 saturated heterocycles. The number of hydrogen-bond donors (Lipinski definition) is 1. The summed E-state index contributed by atoms with van der Waals surface area (Å²) in [6.07, 6.45) is 0. The molecular formula is C12H25N5S. The number of aromatic nitrogens is 3. The zero-order valence-corrected chi connectivity index (χ0v) is 12.8. The van der Waals surface area contributed by atoms with Crippen LogP contribution in [0.1, 0.15) is 19.7 Å². The first kappa shape index (κ1) is 15.5. The van der Waals surface area contributed by atoms with Gasteiger partial charge < -0.3 is 14.8 Å². The van der Waals surface area contributed by atoms with Crippen LogP contribution in [0.25, 0.3) is 0 Å². The van der Waals surface area contributed by atoms with E-state index in [9.17, 15) is 0 Å². The molecule has 0 unspecified atom stereocenters. The minimum Gasteiger partial charge on any atom is -0.315 e. The molecule has 0 radical (unpaired) electrons. The van der Waals surface area contributed by atoms with Gasteiger partial charge in [-0.05, 0) is 20.0 Å². The molecule has 1 rings (SSSR count). The maximum absolute atomic E-state index is 4.13. The molecule has 0 aliphatic carbocycles. The van der Waals surface area contributed by atoms with Gasteiger partial charge in [0.1, 0.15) is 5.82 Å². The highest BCUT2D eigenvalue weighted by atomic mass is 32.2. The Morgan fingerprint density at radius 2 is 1.94 bits per heavy atom. The highest BCUT2D eigenvalue weighted by molar-refractivity contribution is 7.99. The van der Waals surface area contributed by atoms with E-state index in [1.54, 1.807) is 11.8 Å². The molecule has 0 aliphatic heterocycles. The van der Waals surface area contributed by atoms with Crippen molar-refractivity contribution in [2.45, 2.75) is 25.9 Å². The van der Waals surface area contributed by atoms with Gasteiger partial charge in [0.25, 0.3) is 0 Å². The summed E-state index contributed by atoms with van der Waals surface area (Å²) < 4.78 is 2.03. The van der Waals surface area contributed by atoms with Crippen molar-refractivity contribution in [3.63, 3.8) is 0 Å². The monoisotopic (exact) mass is 271 g/mol. The van der Waals surface area contributed by atoms with Crippen LogP contribution in [0.4, 0.5) is 0 Å². The molecule has 0 amide bonds. The van der Waals surface area contributed by atoms with Crippen LogP contribution in [0.2, 0.25) is 0 Å². The molecule has 1 heterocycles. The third-order valence-electron chi connectivity index (χ3n) is 3.06. The van der Waals surface area contributed by atoms with Crippen LogP contribution in [-0.2, 0) is 7.05 Å². The van der Waals surface area contributed by atoms with Crippen molar-refractivity contribution in [2.75, 3.05) is 38.5 Å². The first-order valence-corrected chi connectivity index (χ1v) is 7.59. The summed E-state index contributed by atoms with van der Waals surface area (Å²) in [7, 11) is 2.01. The topological polar surface area (TPSA) is 46.0 Å². The molecule has 1 aromatic heterocycles. The molecule has 0 aliphatic rings. The second-order valence-electron chi connectivity index (χ2n) is 4.21. The molecule has 0 saturated carbocycles. The Labute approximate surface area is 114 Å². The van der Waals surface area contributed by atoms with Crippen LogP contribution in [-0.4, -0.2) is 58.1 Å². The summed E-state index contributed by atoms with van der Waals surface area (Å²) >= 11 is 1.75. The quantitative estimate of drug-likeness (QED) is 0.539. The van der Waals surface area contributed by atoms with Crippen molar-refractivity contribution in [1.82, 2.24) is 25.0 Å². The lowest BCUT2D eigenvalue weighted by Crippen LogP contribution is -2.32. The lowest BCUT2D eigenvalue weighted by atomic mass is 10.4. The van der Waals surface area contributed by atoms with Crippen molar-refractivity contribution in [3.05, 3.63) is 5.82 Å². The van der Waals surface area contributed by atoms with Gasteiger partial charge in [-0.25, -0.2) is 0 Å². The van der Waals surface area contributed by atoms with Crippen molar-refractivity contribution in [2.24, 2.45) is 7.05 Å². The van der Waals surface area contributed by atoms with Gasteiger partial charge in [-0.15, -0.1) is 10.2 Å². The third-order valence-corrected chi connectivity index (χ3v) is 4.08. The molecule has 1 N–H and O–H groups in total. The van der Waals surface area contributed by atoms with E-state index in [2.05, 4.69) is 34.3 Å². The summed E-state index contributed by atoms with van der Waals surface area (Å²) in [6.45, 7) is 11.8. The van der Waals surface area contributed by atoms with Gasteiger partial charge >= 0.3 is 0 Å². The molecule has 0 aromatic carbocycles. The van der Waals surface area contributed by atoms with Gasteiger partial charge in [0.15, 0.2) is 5.16 Å². The van der Waals surface area contributed by atoms with Gasteiger partial charge in [0.2, 0.25) is 0 Å². The number of thioether (sulfide) groups is 1. The van der Waals surface area contributed by atoms with Gasteiger partial charge in [-0.3, -0.25) is 0 Å². The van der Waals surface area contributed by atoms with Crippen LogP contribution in [0.15, 0.2) is 5.16 Å². The molecule has 18 heavy (non-hydrogen) atoms. The lowest BCUT2D eigenvalue weighted by molar-refractivity contribution is 0.303. The van der Waals surface area contributed by atoms with Crippen LogP contribution in [0.5, 0.6) is 0 Å². The van der Waals surface area contributed by atoms with Crippen molar-refractivity contribution < 1.29 is 0 Å². The molecule has 104 valence electrons. The predicted molar refractivity (Wildman–Crippen MR) is 77.1 cm³/mol. The third kappa shape index (κ3) is 4.96. The normalized spacial score (nSPS) is 11.4. The fourth-order valence-electron chi connectivity index (χ4n) is 1.63. The standard InChI is InChI=1S/C12H25N5S/c1-5-17(6-2)9-7-13-8-10-18-12-15-14-11(3)16(12)4/h13H,5-10H2,1-4H3.